The van der Waals surface area contributed by atoms with Crippen LogP contribution in [0.2, 0.25) is 0 Å². The molecule has 13 heteroatoms. The molecule has 1 radical (unpaired) electrons. The Kier molecular flexibility index (Phi) is 21.7. The summed E-state index contributed by atoms with van der Waals surface area (Å²) in [5, 5.41) is 20.4. The van der Waals surface area contributed by atoms with Crippen LogP contribution < -0.4 is 21.7 Å². The number of aromatic nitrogens is 2. The summed E-state index contributed by atoms with van der Waals surface area (Å²) >= 11 is 0. The minimum absolute atomic E-state index is 0. The van der Waals surface area contributed by atoms with E-state index < -0.39 is 23.8 Å². The minimum Gasteiger partial charge on any atom is -0.545 e. The zero-order valence-electron chi connectivity index (χ0n) is 22.0. The molecule has 2 heterocycles. The molecular formula is C28H30CuN4O8. The van der Waals surface area contributed by atoms with Crippen molar-refractivity contribution in [1.29, 1.82) is 0 Å². The van der Waals surface area contributed by atoms with E-state index in [2.05, 4.69) is 9.97 Å². The average Bonchev–Trinajstić information content (AvgIpc) is 2.91. The first-order valence-electron chi connectivity index (χ1n) is 11.0. The number of hydrogen-bond acceptors (Lipinski definition) is 8. The van der Waals surface area contributed by atoms with Gasteiger partial charge in [0.1, 0.15) is 0 Å². The van der Waals surface area contributed by atoms with E-state index in [-0.39, 0.29) is 39.1 Å². The van der Waals surface area contributed by atoms with Crippen LogP contribution in [-0.2, 0) is 17.1 Å². The first kappa shape index (κ1) is 40.6. The number of nitrogens with two attached hydrogens (primary N) is 2. The summed E-state index contributed by atoms with van der Waals surface area (Å²) in [4.78, 5) is 48.6. The Morgan fingerprint density at radius 1 is 0.512 bits per heavy atom. The molecule has 0 spiro atoms. The predicted octanol–water partition coefficient (Wildman–Crippen LogP) is -0.574. The van der Waals surface area contributed by atoms with Gasteiger partial charge in [-0.3, -0.25) is 19.6 Å². The molecule has 0 bridgehead atoms. The van der Waals surface area contributed by atoms with E-state index in [0.717, 1.165) is 11.1 Å². The van der Waals surface area contributed by atoms with E-state index in [1.165, 1.54) is 49.1 Å². The van der Waals surface area contributed by atoms with Gasteiger partial charge in [0, 0.05) is 35.9 Å². The Bertz CT molecular complexity index is 1220. The van der Waals surface area contributed by atoms with Gasteiger partial charge in [0.25, 0.3) is 0 Å². The molecule has 2 aromatic carbocycles. The number of pyridine rings is 2. The molecule has 0 saturated carbocycles. The number of rotatable bonds is 4. The molecule has 12 nitrogen and oxygen atoms in total. The van der Waals surface area contributed by atoms with Gasteiger partial charge >= 0.3 is 17.1 Å². The van der Waals surface area contributed by atoms with Gasteiger partial charge in [-0.1, -0.05) is 59.7 Å². The monoisotopic (exact) mass is 613 g/mol. The molecule has 0 aliphatic rings. The Morgan fingerprint density at radius 2 is 0.756 bits per heavy atom. The van der Waals surface area contributed by atoms with Crippen molar-refractivity contribution in [1.82, 2.24) is 9.97 Å². The topological polar surface area (TPSA) is 255 Å². The van der Waals surface area contributed by atoms with E-state index in [4.69, 9.17) is 11.5 Å². The van der Waals surface area contributed by atoms with Crippen molar-refractivity contribution >= 4 is 23.8 Å². The molecule has 0 unspecified atom stereocenters. The summed E-state index contributed by atoms with van der Waals surface area (Å²) in [6.45, 7) is 3.80. The number of benzene rings is 2. The number of carboxylic acid groups (broad SMARTS) is 2. The Morgan fingerprint density at radius 3 is 0.927 bits per heavy atom. The molecule has 8 N–H and O–H groups in total. The van der Waals surface area contributed by atoms with Crippen LogP contribution in [0.25, 0.3) is 0 Å². The zero-order chi connectivity index (χ0) is 28.5. The minimum atomic E-state index is -1.12. The maximum Gasteiger partial charge on any atom is 2.00 e. The number of aromatic carboxylic acids is 2. The molecule has 221 valence electrons. The number of primary amides is 2. The molecule has 4 aromatic rings. The first-order valence-corrected chi connectivity index (χ1v) is 11.0. The summed E-state index contributed by atoms with van der Waals surface area (Å²) in [6.07, 6.45) is 6.11. The van der Waals surface area contributed by atoms with Crippen molar-refractivity contribution in [3.8, 4) is 0 Å². The van der Waals surface area contributed by atoms with Crippen LogP contribution in [0.4, 0.5) is 0 Å². The number of hydrogen-bond donors (Lipinski definition) is 2. The van der Waals surface area contributed by atoms with E-state index in [1.807, 2.05) is 13.8 Å². The van der Waals surface area contributed by atoms with Gasteiger partial charge < -0.3 is 42.2 Å². The van der Waals surface area contributed by atoms with Gasteiger partial charge in [0.15, 0.2) is 0 Å². The van der Waals surface area contributed by atoms with E-state index >= 15 is 0 Å². The van der Waals surface area contributed by atoms with Gasteiger partial charge in [0.2, 0.25) is 11.8 Å². The van der Waals surface area contributed by atoms with Crippen molar-refractivity contribution < 1.29 is 57.4 Å². The SMILES string of the molecule is Cc1ccc(C(=O)[O-])cc1.Cc1ccc(C(=O)[O-])cc1.NC(=O)c1ccncc1.NC(=O)c1ccncc1.O.O.[Cu+2]. The fraction of sp³-hybridized carbons (Fsp3) is 0.0714. The smallest absolute Gasteiger partial charge is 0.545 e. The van der Waals surface area contributed by atoms with Gasteiger partial charge in [-0.05, 0) is 49.2 Å². The summed E-state index contributed by atoms with van der Waals surface area (Å²) in [7, 11) is 0. The summed E-state index contributed by atoms with van der Waals surface area (Å²) in [5.41, 5.74) is 13.4. The van der Waals surface area contributed by atoms with Crippen LogP contribution >= 0.6 is 0 Å². The number of carboxylic acids is 2. The zero-order valence-corrected chi connectivity index (χ0v) is 23.0. The first-order chi connectivity index (χ1) is 18.0. The number of carbonyl (C=O) groups excluding carboxylic acids is 4. The third-order valence-electron chi connectivity index (χ3n) is 4.50. The van der Waals surface area contributed by atoms with E-state index in [1.54, 1.807) is 48.5 Å². The van der Waals surface area contributed by atoms with Gasteiger partial charge in [0.05, 0.1) is 11.9 Å². The van der Waals surface area contributed by atoms with Crippen LogP contribution in [0.3, 0.4) is 0 Å². The maximum absolute atomic E-state index is 10.4. The molecule has 0 fully saturated rings. The fourth-order valence-corrected chi connectivity index (χ4v) is 2.41. The van der Waals surface area contributed by atoms with Crippen LogP contribution in [0.5, 0.6) is 0 Å². The second-order valence-corrected chi connectivity index (χ2v) is 7.51. The van der Waals surface area contributed by atoms with Crippen molar-refractivity contribution in [3.05, 3.63) is 131 Å². The second-order valence-electron chi connectivity index (χ2n) is 7.51. The Balaban J connectivity index is -0.000000459. The average molecular weight is 614 g/mol. The largest absolute Gasteiger partial charge is 2.00 e. The van der Waals surface area contributed by atoms with E-state index in [9.17, 15) is 29.4 Å². The molecule has 0 aliphatic carbocycles. The quantitative estimate of drug-likeness (QED) is 0.281. The molecule has 4 rings (SSSR count). The van der Waals surface area contributed by atoms with Crippen molar-refractivity contribution in [3.63, 3.8) is 0 Å². The molecule has 0 atom stereocenters. The van der Waals surface area contributed by atoms with Crippen molar-refractivity contribution in [2.45, 2.75) is 13.8 Å². The third-order valence-corrected chi connectivity index (χ3v) is 4.50. The molecule has 0 saturated heterocycles. The number of amides is 2. The predicted molar refractivity (Wildman–Crippen MR) is 144 cm³/mol. The van der Waals surface area contributed by atoms with Crippen LogP contribution in [0.15, 0.2) is 97.6 Å². The molecule has 0 aliphatic heterocycles. The molecule has 41 heavy (non-hydrogen) atoms. The van der Waals surface area contributed by atoms with Crippen molar-refractivity contribution in [2.75, 3.05) is 0 Å². The summed E-state index contributed by atoms with van der Waals surface area (Å²) < 4.78 is 0. The van der Waals surface area contributed by atoms with Gasteiger partial charge in [-0.2, -0.15) is 0 Å². The summed E-state index contributed by atoms with van der Waals surface area (Å²) in [6, 6.07) is 19.4. The van der Waals surface area contributed by atoms with Crippen LogP contribution in [0.1, 0.15) is 52.6 Å². The molecule has 2 amide bonds. The molecular weight excluding hydrogens is 584 g/mol. The normalized spacial score (nSPS) is 8.44. The Hall–Kier alpha value is -4.94. The van der Waals surface area contributed by atoms with Gasteiger partial charge in [-0.15, -0.1) is 0 Å². The second kappa shape index (κ2) is 21.9. The van der Waals surface area contributed by atoms with Crippen molar-refractivity contribution in [2.24, 2.45) is 11.5 Å². The third kappa shape index (κ3) is 17.3. The fourth-order valence-electron chi connectivity index (χ4n) is 2.41. The van der Waals surface area contributed by atoms with Gasteiger partial charge in [-0.25, -0.2) is 0 Å². The van der Waals surface area contributed by atoms with E-state index in [0.29, 0.717) is 11.1 Å². The summed E-state index contributed by atoms with van der Waals surface area (Å²) in [5.74, 6) is -3.09. The van der Waals surface area contributed by atoms with Crippen LogP contribution in [0, 0.1) is 13.8 Å². The number of aryl methyl sites for hydroxylation is 2. The Labute approximate surface area is 247 Å². The molecule has 2 aromatic heterocycles. The standard InChI is InChI=1S/2C8H8O2.2C6H6N2O.Cu.2H2O/c2*1-6-2-4-7(5-3-6)8(9)10;2*7-6(9)5-1-3-8-4-2-5;;;/h2*2-5H,1H3,(H,9,10);2*1-4H,(H2,7,9);;2*1H2/q;;;;+2;;/p-2. The number of nitrogens with zero attached hydrogens (tertiary/aromatic N) is 2. The maximum atomic E-state index is 10.4. The van der Waals surface area contributed by atoms with Crippen LogP contribution in [-0.4, -0.2) is 44.7 Å². The number of carbonyl (C=O) groups is 4.